The average Bonchev–Trinajstić information content (AvgIpc) is 2.16. The van der Waals surface area contributed by atoms with E-state index in [4.69, 9.17) is 5.11 Å². The first-order chi connectivity index (χ1) is 7.41. The molecule has 0 fully saturated rings. The highest BCUT2D eigenvalue weighted by molar-refractivity contribution is 5.70. The van der Waals surface area contributed by atoms with E-state index >= 15 is 0 Å². The second-order valence-corrected chi connectivity index (χ2v) is 4.80. The minimum atomic E-state index is -0.726. The van der Waals surface area contributed by atoms with Gasteiger partial charge in [0.2, 0.25) is 0 Å². The van der Waals surface area contributed by atoms with E-state index in [2.05, 4.69) is 32.0 Å². The monoisotopic (exact) mass is 220 g/mol. The predicted octanol–water partition coefficient (Wildman–Crippen LogP) is 3.38. The van der Waals surface area contributed by atoms with Gasteiger partial charge in [0.25, 0.3) is 0 Å². The molecule has 1 aromatic rings. The Morgan fingerprint density at radius 2 is 1.94 bits per heavy atom. The van der Waals surface area contributed by atoms with Crippen molar-refractivity contribution in [2.24, 2.45) is 5.92 Å². The van der Waals surface area contributed by atoms with E-state index in [0.717, 1.165) is 0 Å². The van der Waals surface area contributed by atoms with E-state index in [9.17, 15) is 4.79 Å². The van der Waals surface area contributed by atoms with Gasteiger partial charge in [-0.25, -0.2) is 0 Å². The molecular weight excluding hydrogens is 200 g/mol. The number of carbonyl (C=O) groups is 1. The summed E-state index contributed by atoms with van der Waals surface area (Å²) in [4.78, 5) is 10.9. The van der Waals surface area contributed by atoms with Gasteiger partial charge in [-0.1, -0.05) is 44.5 Å². The molecule has 2 nitrogen and oxygen atoms in total. The number of rotatable bonds is 4. The van der Waals surface area contributed by atoms with Crippen LogP contribution in [0.1, 0.15) is 43.4 Å². The lowest BCUT2D eigenvalue weighted by molar-refractivity contribution is -0.141. The van der Waals surface area contributed by atoms with Crippen LogP contribution in [0.5, 0.6) is 0 Å². The lowest BCUT2D eigenvalue weighted by Gasteiger charge is -2.15. The highest BCUT2D eigenvalue weighted by Crippen LogP contribution is 2.23. The third-order valence-corrected chi connectivity index (χ3v) is 2.87. The maximum atomic E-state index is 10.9. The fourth-order valence-corrected chi connectivity index (χ4v) is 1.89. The van der Waals surface area contributed by atoms with E-state index in [1.54, 1.807) is 6.92 Å². The van der Waals surface area contributed by atoms with Crippen molar-refractivity contribution >= 4 is 5.97 Å². The van der Waals surface area contributed by atoms with Gasteiger partial charge in [0.15, 0.2) is 0 Å². The smallest absolute Gasteiger partial charge is 0.306 e. The van der Waals surface area contributed by atoms with Crippen LogP contribution in [0.2, 0.25) is 0 Å². The molecule has 0 aliphatic carbocycles. The van der Waals surface area contributed by atoms with Gasteiger partial charge < -0.3 is 5.11 Å². The van der Waals surface area contributed by atoms with Gasteiger partial charge in [-0.15, -0.1) is 0 Å². The molecule has 0 radical (unpaired) electrons. The van der Waals surface area contributed by atoms with Crippen LogP contribution >= 0.6 is 0 Å². The van der Waals surface area contributed by atoms with Crippen molar-refractivity contribution in [1.29, 1.82) is 0 Å². The number of hydrogen-bond donors (Lipinski definition) is 1. The van der Waals surface area contributed by atoms with Crippen molar-refractivity contribution in [2.75, 3.05) is 0 Å². The molecule has 0 saturated carbocycles. The predicted molar refractivity (Wildman–Crippen MR) is 65.8 cm³/mol. The van der Waals surface area contributed by atoms with E-state index < -0.39 is 5.97 Å². The van der Waals surface area contributed by atoms with Crippen molar-refractivity contribution in [2.45, 2.75) is 40.0 Å². The quantitative estimate of drug-likeness (QED) is 0.844. The molecule has 2 heteroatoms. The fourth-order valence-electron chi connectivity index (χ4n) is 1.89. The Hall–Kier alpha value is -1.31. The average molecular weight is 220 g/mol. The molecule has 1 rings (SSSR count). The molecule has 0 aromatic heterocycles. The summed E-state index contributed by atoms with van der Waals surface area (Å²) < 4.78 is 0. The molecular formula is C14H20O2. The highest BCUT2D eigenvalue weighted by atomic mass is 16.4. The number of aliphatic carboxylic acids is 1. The molecule has 0 aliphatic heterocycles. The van der Waals surface area contributed by atoms with Crippen molar-refractivity contribution in [1.82, 2.24) is 0 Å². The van der Waals surface area contributed by atoms with Crippen LogP contribution in [0.4, 0.5) is 0 Å². The number of aryl methyl sites for hydroxylation is 1. The Kier molecular flexibility index (Phi) is 4.11. The number of benzene rings is 1. The molecule has 1 atom stereocenters. The molecule has 0 spiro atoms. The van der Waals surface area contributed by atoms with Gasteiger partial charge in [0.1, 0.15) is 0 Å². The van der Waals surface area contributed by atoms with Crippen LogP contribution in [0.15, 0.2) is 18.2 Å². The Labute approximate surface area is 97.3 Å². The Balaban J connectivity index is 3.01. The summed E-state index contributed by atoms with van der Waals surface area (Å²) in [6, 6.07) is 6.31. The van der Waals surface area contributed by atoms with E-state index in [0.29, 0.717) is 12.3 Å². The van der Waals surface area contributed by atoms with Crippen LogP contribution in [0.3, 0.4) is 0 Å². The summed E-state index contributed by atoms with van der Waals surface area (Å²) in [7, 11) is 0. The maximum absolute atomic E-state index is 10.9. The summed E-state index contributed by atoms with van der Waals surface area (Å²) >= 11 is 0. The van der Waals surface area contributed by atoms with Crippen LogP contribution < -0.4 is 0 Å². The summed E-state index contributed by atoms with van der Waals surface area (Å²) in [5.41, 5.74) is 3.63. The molecule has 88 valence electrons. The lowest BCUT2D eigenvalue weighted by Crippen LogP contribution is -2.13. The molecule has 1 N–H and O–H groups in total. The summed E-state index contributed by atoms with van der Waals surface area (Å²) in [6.07, 6.45) is 0.616. The Morgan fingerprint density at radius 1 is 1.31 bits per heavy atom. The van der Waals surface area contributed by atoms with Crippen LogP contribution in [-0.2, 0) is 11.2 Å². The largest absolute Gasteiger partial charge is 0.481 e. The molecule has 0 aliphatic rings. The number of hydrogen-bond acceptors (Lipinski definition) is 1. The van der Waals surface area contributed by atoms with Crippen molar-refractivity contribution in [3.63, 3.8) is 0 Å². The van der Waals surface area contributed by atoms with Crippen molar-refractivity contribution in [3.8, 4) is 0 Å². The van der Waals surface area contributed by atoms with Crippen molar-refractivity contribution in [3.05, 3.63) is 34.9 Å². The van der Waals surface area contributed by atoms with Crippen LogP contribution in [0.25, 0.3) is 0 Å². The second-order valence-electron chi connectivity index (χ2n) is 4.80. The first-order valence-corrected chi connectivity index (χ1v) is 5.74. The van der Waals surface area contributed by atoms with Crippen LogP contribution in [0, 0.1) is 12.8 Å². The molecule has 0 heterocycles. The zero-order valence-electron chi connectivity index (χ0n) is 10.4. The van der Waals surface area contributed by atoms with Crippen LogP contribution in [-0.4, -0.2) is 11.1 Å². The van der Waals surface area contributed by atoms with E-state index in [1.165, 1.54) is 16.7 Å². The molecule has 1 unspecified atom stereocenters. The molecule has 0 bridgehead atoms. The Morgan fingerprint density at radius 3 is 2.44 bits per heavy atom. The topological polar surface area (TPSA) is 37.3 Å². The third-order valence-electron chi connectivity index (χ3n) is 2.87. The van der Waals surface area contributed by atoms with Crippen molar-refractivity contribution < 1.29 is 9.90 Å². The van der Waals surface area contributed by atoms with Gasteiger partial charge in [-0.05, 0) is 30.4 Å². The first-order valence-electron chi connectivity index (χ1n) is 5.74. The third kappa shape index (κ3) is 3.09. The SMILES string of the molecule is Cc1ccc(C(C)C)c(CC(C)C(=O)O)c1. The zero-order chi connectivity index (χ0) is 12.3. The summed E-state index contributed by atoms with van der Waals surface area (Å²) in [5, 5.41) is 8.94. The maximum Gasteiger partial charge on any atom is 0.306 e. The summed E-state index contributed by atoms with van der Waals surface area (Å²) in [5.74, 6) is -0.605. The molecule has 16 heavy (non-hydrogen) atoms. The van der Waals surface area contributed by atoms with Gasteiger partial charge in [0, 0.05) is 0 Å². The molecule has 1 aromatic carbocycles. The van der Waals surface area contributed by atoms with Gasteiger partial charge >= 0.3 is 5.97 Å². The minimum absolute atomic E-state index is 0.320. The van der Waals surface area contributed by atoms with Gasteiger partial charge in [0.05, 0.1) is 5.92 Å². The lowest BCUT2D eigenvalue weighted by atomic mass is 9.90. The Bertz CT molecular complexity index is 380. The summed E-state index contributed by atoms with van der Waals surface area (Å²) in [6.45, 7) is 8.08. The fraction of sp³-hybridized carbons (Fsp3) is 0.500. The highest BCUT2D eigenvalue weighted by Gasteiger charge is 2.15. The van der Waals surface area contributed by atoms with Gasteiger partial charge in [-0.3, -0.25) is 4.79 Å². The molecule has 0 saturated heterocycles. The number of carboxylic acids is 1. The minimum Gasteiger partial charge on any atom is -0.481 e. The van der Waals surface area contributed by atoms with Gasteiger partial charge in [-0.2, -0.15) is 0 Å². The normalized spacial score (nSPS) is 12.8. The molecule has 0 amide bonds. The second kappa shape index (κ2) is 5.15. The standard InChI is InChI=1S/C14H20O2/c1-9(2)13-6-5-10(3)7-12(13)8-11(4)14(15)16/h5-7,9,11H,8H2,1-4H3,(H,15,16). The number of carboxylic acid groups (broad SMARTS) is 1. The first kappa shape index (κ1) is 12.8. The van der Waals surface area contributed by atoms with E-state index in [1.807, 2.05) is 6.92 Å². The van der Waals surface area contributed by atoms with E-state index in [-0.39, 0.29) is 5.92 Å². The zero-order valence-corrected chi connectivity index (χ0v) is 10.4.